The Kier molecular flexibility index (Phi) is 4.59. The summed E-state index contributed by atoms with van der Waals surface area (Å²) in [6, 6.07) is 2.20. The van der Waals surface area contributed by atoms with Gasteiger partial charge in [0.25, 0.3) is 0 Å². The molecule has 112 valence electrons. The number of carbonyl (C=O) groups is 1. The van der Waals surface area contributed by atoms with E-state index >= 15 is 0 Å². The second kappa shape index (κ2) is 5.90. The van der Waals surface area contributed by atoms with Crippen LogP contribution in [-0.4, -0.2) is 17.1 Å². The van der Waals surface area contributed by atoms with Crippen LogP contribution >= 0.6 is 15.9 Å². The van der Waals surface area contributed by atoms with E-state index in [1.807, 2.05) is 6.07 Å². The highest BCUT2D eigenvalue weighted by atomic mass is 79.9. The molecule has 1 saturated carbocycles. The van der Waals surface area contributed by atoms with Crippen molar-refractivity contribution >= 4 is 21.9 Å². The first-order valence-electron chi connectivity index (χ1n) is 7.02. The lowest BCUT2D eigenvalue weighted by Gasteiger charge is -2.46. The van der Waals surface area contributed by atoms with Crippen molar-refractivity contribution in [3.63, 3.8) is 0 Å². The predicted octanol–water partition coefficient (Wildman–Crippen LogP) is 3.66. The van der Waals surface area contributed by atoms with Gasteiger partial charge in [0.05, 0.1) is 23.2 Å². The Balaban J connectivity index is 2.01. The van der Waals surface area contributed by atoms with Gasteiger partial charge in [0.1, 0.15) is 5.76 Å². The fraction of sp³-hybridized carbons (Fsp3) is 0.667. The van der Waals surface area contributed by atoms with Crippen LogP contribution in [0.2, 0.25) is 0 Å². The summed E-state index contributed by atoms with van der Waals surface area (Å²) < 4.78 is 6.37. The minimum Gasteiger partial charge on any atom is -0.481 e. The molecule has 0 amide bonds. The third-order valence-electron chi connectivity index (χ3n) is 4.96. The molecule has 1 aliphatic carbocycles. The second-order valence-corrected chi connectivity index (χ2v) is 7.11. The van der Waals surface area contributed by atoms with Crippen molar-refractivity contribution in [3.8, 4) is 0 Å². The molecule has 1 fully saturated rings. The number of nitrogens with one attached hydrogen (secondary N) is 1. The number of rotatable bonds is 4. The SMILES string of the molecule is CC1C(NCc2occc2Br)CCC(C(=O)O)C1(C)C. The Labute approximate surface area is 128 Å². The first-order valence-corrected chi connectivity index (χ1v) is 7.81. The lowest BCUT2D eigenvalue weighted by molar-refractivity contribution is -0.150. The number of aliphatic carboxylic acids is 1. The van der Waals surface area contributed by atoms with Gasteiger partial charge in [-0.3, -0.25) is 4.79 Å². The predicted molar refractivity (Wildman–Crippen MR) is 80.3 cm³/mol. The van der Waals surface area contributed by atoms with Gasteiger partial charge in [-0.05, 0) is 46.2 Å². The number of carboxylic acids is 1. The second-order valence-electron chi connectivity index (χ2n) is 6.26. The molecule has 4 nitrogen and oxygen atoms in total. The van der Waals surface area contributed by atoms with E-state index < -0.39 is 5.97 Å². The molecule has 0 radical (unpaired) electrons. The van der Waals surface area contributed by atoms with Crippen molar-refractivity contribution in [2.75, 3.05) is 0 Å². The van der Waals surface area contributed by atoms with E-state index in [1.54, 1.807) is 6.26 Å². The van der Waals surface area contributed by atoms with E-state index in [9.17, 15) is 9.90 Å². The normalized spacial score (nSPS) is 29.3. The maximum absolute atomic E-state index is 11.4. The summed E-state index contributed by atoms with van der Waals surface area (Å²) >= 11 is 3.45. The molecule has 3 atom stereocenters. The van der Waals surface area contributed by atoms with Crippen LogP contribution in [-0.2, 0) is 11.3 Å². The van der Waals surface area contributed by atoms with Crippen LogP contribution in [0.1, 0.15) is 39.4 Å². The largest absolute Gasteiger partial charge is 0.481 e. The molecule has 2 N–H and O–H groups in total. The number of hydrogen-bond acceptors (Lipinski definition) is 3. The fourth-order valence-corrected chi connectivity index (χ4v) is 3.54. The summed E-state index contributed by atoms with van der Waals surface area (Å²) in [4.78, 5) is 11.4. The van der Waals surface area contributed by atoms with Crippen LogP contribution in [0.3, 0.4) is 0 Å². The quantitative estimate of drug-likeness (QED) is 0.875. The first kappa shape index (κ1) is 15.6. The zero-order valence-corrected chi connectivity index (χ0v) is 13.7. The van der Waals surface area contributed by atoms with Crippen molar-refractivity contribution in [3.05, 3.63) is 22.6 Å². The van der Waals surface area contributed by atoms with Gasteiger partial charge in [-0.15, -0.1) is 0 Å². The van der Waals surface area contributed by atoms with Crippen LogP contribution in [0, 0.1) is 17.3 Å². The third kappa shape index (κ3) is 2.93. The van der Waals surface area contributed by atoms with E-state index in [4.69, 9.17) is 4.42 Å². The fourth-order valence-electron chi connectivity index (χ4n) is 3.20. The lowest BCUT2D eigenvalue weighted by atomic mass is 9.61. The van der Waals surface area contributed by atoms with Crippen LogP contribution < -0.4 is 5.32 Å². The van der Waals surface area contributed by atoms with Gasteiger partial charge >= 0.3 is 5.97 Å². The maximum atomic E-state index is 11.4. The van der Waals surface area contributed by atoms with Gasteiger partial charge in [-0.1, -0.05) is 20.8 Å². The van der Waals surface area contributed by atoms with Crippen LogP contribution in [0.15, 0.2) is 21.2 Å². The smallest absolute Gasteiger partial charge is 0.307 e. The molecule has 0 aliphatic heterocycles. The minimum absolute atomic E-state index is 0.206. The van der Waals surface area contributed by atoms with Gasteiger partial charge in [0, 0.05) is 6.04 Å². The summed E-state index contributed by atoms with van der Waals surface area (Å²) in [6.45, 7) is 6.93. The van der Waals surface area contributed by atoms with E-state index in [0.717, 1.165) is 23.1 Å². The number of halogens is 1. The van der Waals surface area contributed by atoms with E-state index in [-0.39, 0.29) is 11.3 Å². The van der Waals surface area contributed by atoms with Gasteiger partial charge in [-0.25, -0.2) is 0 Å². The topological polar surface area (TPSA) is 62.5 Å². The molecule has 1 aromatic rings. The molecular weight excluding hydrogens is 322 g/mol. The molecule has 1 heterocycles. The number of furan rings is 1. The summed E-state index contributed by atoms with van der Waals surface area (Å²) in [5.74, 6) is 0.251. The van der Waals surface area contributed by atoms with Gasteiger partial charge < -0.3 is 14.8 Å². The Bertz CT molecular complexity index is 483. The third-order valence-corrected chi connectivity index (χ3v) is 5.66. The average molecular weight is 344 g/mol. The Morgan fingerprint density at radius 2 is 2.25 bits per heavy atom. The molecule has 0 spiro atoms. The standard InChI is InChI=1S/C15H22BrNO3/c1-9-12(17-8-13-11(16)6-7-20-13)5-4-10(14(18)19)15(9,2)3/h6-7,9-10,12,17H,4-5,8H2,1-3H3,(H,18,19). The minimum atomic E-state index is -0.672. The van der Waals surface area contributed by atoms with Crippen LogP contribution in [0.5, 0.6) is 0 Å². The first-order chi connectivity index (χ1) is 9.34. The molecule has 1 aromatic heterocycles. The Morgan fingerprint density at radius 1 is 1.55 bits per heavy atom. The van der Waals surface area contributed by atoms with Crippen molar-refractivity contribution in [2.45, 2.75) is 46.2 Å². The highest BCUT2D eigenvalue weighted by Gasteiger charge is 2.46. The Hall–Kier alpha value is -0.810. The van der Waals surface area contributed by atoms with E-state index in [1.165, 1.54) is 0 Å². The number of carboxylic acid groups (broad SMARTS) is 1. The molecule has 0 bridgehead atoms. The van der Waals surface area contributed by atoms with Crippen molar-refractivity contribution in [1.82, 2.24) is 5.32 Å². The van der Waals surface area contributed by atoms with Crippen molar-refractivity contribution < 1.29 is 14.3 Å². The van der Waals surface area contributed by atoms with Crippen LogP contribution in [0.25, 0.3) is 0 Å². The summed E-state index contributed by atoms with van der Waals surface area (Å²) in [6.07, 6.45) is 3.28. The molecule has 20 heavy (non-hydrogen) atoms. The molecular formula is C15H22BrNO3. The average Bonchev–Trinajstić information content (AvgIpc) is 2.76. The Morgan fingerprint density at radius 3 is 2.80 bits per heavy atom. The highest BCUT2D eigenvalue weighted by molar-refractivity contribution is 9.10. The summed E-state index contributed by atoms with van der Waals surface area (Å²) in [5, 5.41) is 12.9. The highest BCUT2D eigenvalue weighted by Crippen LogP contribution is 2.45. The molecule has 2 rings (SSSR count). The van der Waals surface area contributed by atoms with Gasteiger partial charge in [-0.2, -0.15) is 0 Å². The lowest BCUT2D eigenvalue weighted by Crippen LogP contribution is -2.50. The molecule has 5 heteroatoms. The van der Waals surface area contributed by atoms with Crippen LogP contribution in [0.4, 0.5) is 0 Å². The molecule has 0 aromatic carbocycles. The zero-order chi connectivity index (χ0) is 14.9. The van der Waals surface area contributed by atoms with Crippen molar-refractivity contribution in [1.29, 1.82) is 0 Å². The maximum Gasteiger partial charge on any atom is 0.307 e. The monoisotopic (exact) mass is 343 g/mol. The molecule has 1 aliphatic rings. The van der Waals surface area contributed by atoms with E-state index in [2.05, 4.69) is 42.0 Å². The van der Waals surface area contributed by atoms with Crippen molar-refractivity contribution in [2.24, 2.45) is 17.3 Å². The summed E-state index contributed by atoms with van der Waals surface area (Å²) in [5.41, 5.74) is -0.206. The van der Waals surface area contributed by atoms with Gasteiger partial charge in [0.15, 0.2) is 0 Å². The molecule has 3 unspecified atom stereocenters. The summed E-state index contributed by atoms with van der Waals surface area (Å²) in [7, 11) is 0. The van der Waals surface area contributed by atoms with E-state index in [0.29, 0.717) is 18.5 Å². The molecule has 0 saturated heterocycles. The zero-order valence-electron chi connectivity index (χ0n) is 12.1. The number of hydrogen-bond donors (Lipinski definition) is 2. The van der Waals surface area contributed by atoms with Gasteiger partial charge in [0.2, 0.25) is 0 Å².